The third kappa shape index (κ3) is 2.89. The van der Waals surface area contributed by atoms with Gasteiger partial charge in [-0.1, -0.05) is 19.3 Å². The number of hydrogen-bond acceptors (Lipinski definition) is 3. The Morgan fingerprint density at radius 2 is 1.79 bits per heavy atom. The van der Waals surface area contributed by atoms with E-state index >= 15 is 0 Å². The first kappa shape index (κ1) is 12.1. The summed E-state index contributed by atoms with van der Waals surface area (Å²) in [6.07, 6.45) is 10.1. The number of rotatable bonds is 3. The van der Waals surface area contributed by atoms with Crippen molar-refractivity contribution in [3.05, 3.63) is 36.7 Å². The molecule has 0 unspecified atom stereocenters. The molecule has 4 nitrogen and oxygen atoms in total. The number of nitrogens with zero attached hydrogens (tertiary/aromatic N) is 2. The Kier molecular flexibility index (Phi) is 3.40. The summed E-state index contributed by atoms with van der Waals surface area (Å²) in [5.41, 5.74) is 0. The van der Waals surface area contributed by atoms with Crippen LogP contribution in [0.2, 0.25) is 0 Å². The molecule has 1 aliphatic carbocycles. The van der Waals surface area contributed by atoms with Crippen molar-refractivity contribution >= 4 is 0 Å². The lowest BCUT2D eigenvalue weighted by atomic mass is 9.96. The summed E-state index contributed by atoms with van der Waals surface area (Å²) >= 11 is 0. The van der Waals surface area contributed by atoms with Gasteiger partial charge in [-0.3, -0.25) is 4.68 Å². The molecule has 0 atom stereocenters. The predicted octanol–water partition coefficient (Wildman–Crippen LogP) is 3.89. The van der Waals surface area contributed by atoms with E-state index in [1.54, 1.807) is 30.5 Å². The van der Waals surface area contributed by atoms with Crippen molar-refractivity contribution in [1.29, 1.82) is 0 Å². The smallest absolute Gasteiger partial charge is 0.165 e. The normalized spacial score (nSPS) is 16.4. The van der Waals surface area contributed by atoms with Gasteiger partial charge in [0.25, 0.3) is 0 Å². The molecular formula is C15H18N2O2. The molecule has 3 rings (SSSR count). The minimum absolute atomic E-state index is 0.241. The number of phenolic OH excluding ortho intramolecular Hbond substituents is 1. The minimum atomic E-state index is 0.241. The molecule has 0 saturated heterocycles. The highest BCUT2D eigenvalue weighted by molar-refractivity contribution is 5.33. The molecular weight excluding hydrogens is 240 g/mol. The number of ether oxygens (including phenoxy) is 1. The van der Waals surface area contributed by atoms with Crippen LogP contribution in [0, 0.1) is 0 Å². The van der Waals surface area contributed by atoms with E-state index in [1.807, 2.05) is 10.9 Å². The molecule has 1 N–H and O–H groups in total. The number of aromatic nitrogens is 2. The number of hydrogen-bond donors (Lipinski definition) is 1. The van der Waals surface area contributed by atoms with Crippen LogP contribution in [-0.2, 0) is 0 Å². The van der Waals surface area contributed by atoms with Gasteiger partial charge in [0.1, 0.15) is 11.5 Å². The average Bonchev–Trinajstić information content (AvgIpc) is 2.91. The quantitative estimate of drug-likeness (QED) is 0.908. The van der Waals surface area contributed by atoms with E-state index in [9.17, 15) is 5.11 Å². The van der Waals surface area contributed by atoms with E-state index in [1.165, 1.54) is 32.1 Å². The van der Waals surface area contributed by atoms with Crippen LogP contribution in [0.3, 0.4) is 0 Å². The second-order valence-electron chi connectivity index (χ2n) is 5.04. The van der Waals surface area contributed by atoms with Crippen LogP contribution in [0.5, 0.6) is 17.2 Å². The molecule has 1 saturated carbocycles. The van der Waals surface area contributed by atoms with Gasteiger partial charge in [-0.05, 0) is 37.1 Å². The summed E-state index contributed by atoms with van der Waals surface area (Å²) in [5.74, 6) is 1.70. The van der Waals surface area contributed by atoms with Gasteiger partial charge in [-0.2, -0.15) is 5.10 Å². The Balaban J connectivity index is 1.68. The highest BCUT2D eigenvalue weighted by Crippen LogP contribution is 2.29. The van der Waals surface area contributed by atoms with Crippen molar-refractivity contribution < 1.29 is 9.84 Å². The first-order valence-corrected chi connectivity index (χ1v) is 6.82. The van der Waals surface area contributed by atoms with E-state index in [4.69, 9.17) is 4.74 Å². The summed E-state index contributed by atoms with van der Waals surface area (Å²) in [4.78, 5) is 0. The van der Waals surface area contributed by atoms with Crippen molar-refractivity contribution in [1.82, 2.24) is 9.78 Å². The standard InChI is InChI=1S/C15H18N2O2/c18-13-6-8-14(9-7-13)19-15-10-16-17(11-15)12-4-2-1-3-5-12/h6-12,18H,1-5H2. The molecule has 0 spiro atoms. The Hall–Kier alpha value is -1.97. The molecule has 4 heteroatoms. The van der Waals surface area contributed by atoms with Crippen LogP contribution < -0.4 is 4.74 Å². The second-order valence-corrected chi connectivity index (χ2v) is 5.04. The first-order valence-electron chi connectivity index (χ1n) is 6.82. The first-order chi connectivity index (χ1) is 9.31. The highest BCUT2D eigenvalue weighted by atomic mass is 16.5. The van der Waals surface area contributed by atoms with Gasteiger partial charge < -0.3 is 9.84 Å². The van der Waals surface area contributed by atoms with Crippen molar-refractivity contribution in [2.75, 3.05) is 0 Å². The third-order valence-corrected chi connectivity index (χ3v) is 3.60. The van der Waals surface area contributed by atoms with Crippen molar-refractivity contribution in [2.45, 2.75) is 38.1 Å². The minimum Gasteiger partial charge on any atom is -0.508 e. The maximum Gasteiger partial charge on any atom is 0.165 e. The summed E-state index contributed by atoms with van der Waals surface area (Å²) < 4.78 is 7.73. The van der Waals surface area contributed by atoms with Gasteiger partial charge in [0.2, 0.25) is 0 Å². The van der Waals surface area contributed by atoms with E-state index in [0.717, 1.165) is 5.75 Å². The zero-order valence-corrected chi connectivity index (χ0v) is 10.8. The van der Waals surface area contributed by atoms with Crippen LogP contribution in [0.4, 0.5) is 0 Å². The lowest BCUT2D eigenvalue weighted by molar-refractivity contribution is 0.328. The van der Waals surface area contributed by atoms with Gasteiger partial charge in [0.05, 0.1) is 18.4 Å². The van der Waals surface area contributed by atoms with Crippen LogP contribution >= 0.6 is 0 Å². The Morgan fingerprint density at radius 3 is 2.53 bits per heavy atom. The SMILES string of the molecule is Oc1ccc(Oc2cnn(C3CCCCC3)c2)cc1. The van der Waals surface area contributed by atoms with Gasteiger partial charge in [0, 0.05) is 0 Å². The number of phenols is 1. The molecule has 2 aromatic rings. The topological polar surface area (TPSA) is 47.3 Å². The fraction of sp³-hybridized carbons (Fsp3) is 0.400. The van der Waals surface area contributed by atoms with Crippen LogP contribution in [-0.4, -0.2) is 14.9 Å². The van der Waals surface area contributed by atoms with Crippen molar-refractivity contribution in [3.63, 3.8) is 0 Å². The van der Waals surface area contributed by atoms with Gasteiger partial charge in [-0.15, -0.1) is 0 Å². The maximum atomic E-state index is 9.23. The summed E-state index contributed by atoms with van der Waals surface area (Å²) in [6.45, 7) is 0. The number of benzene rings is 1. The predicted molar refractivity (Wildman–Crippen MR) is 72.5 cm³/mol. The van der Waals surface area contributed by atoms with Crippen LogP contribution in [0.25, 0.3) is 0 Å². The van der Waals surface area contributed by atoms with Crippen LogP contribution in [0.15, 0.2) is 36.7 Å². The molecule has 0 aliphatic heterocycles. The molecule has 0 amide bonds. The lowest BCUT2D eigenvalue weighted by Crippen LogP contribution is -2.12. The molecule has 100 valence electrons. The largest absolute Gasteiger partial charge is 0.508 e. The monoisotopic (exact) mass is 258 g/mol. The zero-order valence-electron chi connectivity index (χ0n) is 10.8. The average molecular weight is 258 g/mol. The fourth-order valence-electron chi connectivity index (χ4n) is 2.57. The maximum absolute atomic E-state index is 9.23. The molecule has 1 aromatic carbocycles. The Morgan fingerprint density at radius 1 is 1.05 bits per heavy atom. The lowest BCUT2D eigenvalue weighted by Gasteiger charge is -2.21. The summed E-state index contributed by atoms with van der Waals surface area (Å²) in [7, 11) is 0. The van der Waals surface area contributed by atoms with Crippen LogP contribution in [0.1, 0.15) is 38.1 Å². The molecule has 0 radical (unpaired) electrons. The molecule has 1 fully saturated rings. The molecule has 1 heterocycles. The summed E-state index contributed by atoms with van der Waals surface area (Å²) in [6, 6.07) is 7.23. The molecule has 1 aromatic heterocycles. The highest BCUT2D eigenvalue weighted by Gasteiger charge is 2.16. The second kappa shape index (κ2) is 5.34. The van der Waals surface area contributed by atoms with E-state index in [-0.39, 0.29) is 5.75 Å². The van der Waals surface area contributed by atoms with Crippen molar-refractivity contribution in [2.24, 2.45) is 0 Å². The third-order valence-electron chi connectivity index (χ3n) is 3.60. The van der Waals surface area contributed by atoms with E-state index in [2.05, 4.69) is 5.10 Å². The molecule has 1 aliphatic rings. The van der Waals surface area contributed by atoms with Crippen molar-refractivity contribution in [3.8, 4) is 17.2 Å². The Labute approximate surface area is 112 Å². The molecule has 19 heavy (non-hydrogen) atoms. The van der Waals surface area contributed by atoms with Gasteiger partial charge >= 0.3 is 0 Å². The molecule has 0 bridgehead atoms. The number of aromatic hydroxyl groups is 1. The van der Waals surface area contributed by atoms with E-state index < -0.39 is 0 Å². The zero-order chi connectivity index (χ0) is 13.1. The Bertz CT molecular complexity index is 527. The van der Waals surface area contributed by atoms with Gasteiger partial charge in [-0.25, -0.2) is 0 Å². The summed E-state index contributed by atoms with van der Waals surface area (Å²) in [5, 5.41) is 13.6. The van der Waals surface area contributed by atoms with Gasteiger partial charge in [0.15, 0.2) is 5.75 Å². The van der Waals surface area contributed by atoms with E-state index in [0.29, 0.717) is 11.8 Å². The fourth-order valence-corrected chi connectivity index (χ4v) is 2.57.